The first-order valence-electron chi connectivity index (χ1n) is 13.6. The van der Waals surface area contributed by atoms with E-state index in [-0.39, 0.29) is 18.6 Å². The molecule has 4 fully saturated rings. The number of alkyl halides is 1. The second kappa shape index (κ2) is 9.48. The monoisotopic (exact) mass is 568 g/mol. The maximum atomic E-state index is 17.3. The first kappa shape index (κ1) is 29.4. The molecule has 4 aliphatic carbocycles. The van der Waals surface area contributed by atoms with Gasteiger partial charge < -0.3 is 40.1 Å². The molecule has 1 unspecified atom stereocenters. The van der Waals surface area contributed by atoms with E-state index in [4.69, 9.17) is 9.47 Å². The first-order chi connectivity index (χ1) is 18.5. The quantitative estimate of drug-likeness (QED) is 0.258. The number of Topliss-reactive ketones (excluding diaryl/α,β-unsaturated/α-hetero) is 1. The number of carbonyl (C=O) groups excluding carboxylic acids is 2. The molecule has 1 heterocycles. The van der Waals surface area contributed by atoms with Crippen LogP contribution in [0.2, 0.25) is 0 Å². The number of aliphatic hydroxyl groups is 5. The summed E-state index contributed by atoms with van der Waals surface area (Å²) >= 11 is 0. The summed E-state index contributed by atoms with van der Waals surface area (Å²) in [6.07, 6.45) is -5.93. The summed E-state index contributed by atoms with van der Waals surface area (Å²) in [4.78, 5) is 37.0. The predicted molar refractivity (Wildman–Crippen MR) is 133 cm³/mol. The van der Waals surface area contributed by atoms with Crippen LogP contribution in [-0.4, -0.2) is 103 Å². The lowest BCUT2D eigenvalue weighted by Crippen LogP contribution is -2.69. The zero-order valence-electron chi connectivity index (χ0n) is 22.6. The highest BCUT2D eigenvalue weighted by molar-refractivity contribution is 6.01. The minimum absolute atomic E-state index is 0.233. The molecule has 0 aromatic carbocycles. The van der Waals surface area contributed by atoms with Crippen LogP contribution in [0.4, 0.5) is 4.39 Å². The number of hydrogen-bond acceptors (Lipinski definition) is 10. The smallest absolute Gasteiger partial charge is 0.335 e. The van der Waals surface area contributed by atoms with Crippen molar-refractivity contribution in [2.75, 3.05) is 6.61 Å². The van der Waals surface area contributed by atoms with Crippen molar-refractivity contribution >= 4 is 17.5 Å². The third-order valence-corrected chi connectivity index (χ3v) is 10.8. The fourth-order valence-corrected chi connectivity index (χ4v) is 8.60. The van der Waals surface area contributed by atoms with Gasteiger partial charge in [0.2, 0.25) is 0 Å². The Morgan fingerprint density at radius 3 is 2.45 bits per heavy atom. The number of ketones is 2. The SMILES string of the molecule is C[C@@H]1C[C@H]2[C@@H]3CCC4=CC(=O)C=CC4(C)[C@@]3(F)[C@@H](O)C[C@]2(C)[C@@]1(O)C(=O)CO[C@@H]1O[C@H](C(=O)O)[C@@H](O)[C@H](O)[C@H]1O. The zero-order chi connectivity index (χ0) is 29.6. The normalized spacial score (nSPS) is 51.9. The summed E-state index contributed by atoms with van der Waals surface area (Å²) in [7, 11) is 0. The van der Waals surface area contributed by atoms with E-state index in [1.807, 2.05) is 0 Å². The van der Waals surface area contributed by atoms with E-state index < -0.39 is 95.0 Å². The van der Waals surface area contributed by atoms with Crippen LogP contribution in [0, 0.1) is 28.6 Å². The van der Waals surface area contributed by atoms with Gasteiger partial charge in [-0.1, -0.05) is 25.5 Å². The maximum absolute atomic E-state index is 17.3. The molecule has 1 aliphatic heterocycles. The summed E-state index contributed by atoms with van der Waals surface area (Å²) in [5.74, 6) is -4.56. The molecular weight excluding hydrogens is 531 g/mol. The van der Waals surface area contributed by atoms with Gasteiger partial charge in [-0.15, -0.1) is 0 Å². The molecule has 6 N–H and O–H groups in total. The number of aliphatic carboxylic acids is 1. The molecule has 0 radical (unpaired) electrons. The summed E-state index contributed by atoms with van der Waals surface area (Å²) in [5, 5.41) is 62.8. The van der Waals surface area contributed by atoms with E-state index in [9.17, 15) is 45.0 Å². The van der Waals surface area contributed by atoms with Gasteiger partial charge >= 0.3 is 5.97 Å². The third-order valence-electron chi connectivity index (χ3n) is 10.8. The maximum Gasteiger partial charge on any atom is 0.335 e. The Hall–Kier alpha value is -2.06. The number of rotatable bonds is 5. The van der Waals surface area contributed by atoms with Crippen LogP contribution in [-0.2, 0) is 23.9 Å². The van der Waals surface area contributed by atoms with Crippen molar-refractivity contribution < 1.29 is 58.9 Å². The van der Waals surface area contributed by atoms with Crippen LogP contribution in [0.3, 0.4) is 0 Å². The molecule has 222 valence electrons. The Morgan fingerprint density at radius 2 is 1.80 bits per heavy atom. The third kappa shape index (κ3) is 3.70. The van der Waals surface area contributed by atoms with Gasteiger partial charge in [-0.25, -0.2) is 9.18 Å². The second-order valence-corrected chi connectivity index (χ2v) is 12.6. The van der Waals surface area contributed by atoms with Crippen LogP contribution in [0.1, 0.15) is 46.5 Å². The van der Waals surface area contributed by atoms with Crippen molar-refractivity contribution in [2.24, 2.45) is 28.6 Å². The van der Waals surface area contributed by atoms with E-state index in [2.05, 4.69) is 0 Å². The molecule has 40 heavy (non-hydrogen) atoms. The molecule has 13 atom stereocenters. The highest BCUT2D eigenvalue weighted by atomic mass is 19.1. The average molecular weight is 569 g/mol. The number of fused-ring (bicyclic) bond motifs is 5. The number of allylic oxidation sites excluding steroid dienone is 4. The van der Waals surface area contributed by atoms with Gasteiger partial charge in [-0.3, -0.25) is 9.59 Å². The van der Waals surface area contributed by atoms with Gasteiger partial charge in [0.05, 0.1) is 6.10 Å². The molecule has 3 saturated carbocycles. The number of hydrogen-bond donors (Lipinski definition) is 6. The lowest BCUT2D eigenvalue weighted by atomic mass is 9.44. The van der Waals surface area contributed by atoms with Crippen LogP contribution in [0.25, 0.3) is 0 Å². The van der Waals surface area contributed by atoms with Gasteiger partial charge in [0.15, 0.2) is 29.6 Å². The number of aliphatic hydroxyl groups excluding tert-OH is 4. The first-order valence-corrected chi connectivity index (χ1v) is 13.6. The van der Waals surface area contributed by atoms with E-state index in [0.29, 0.717) is 18.4 Å². The molecule has 12 heteroatoms. The fraction of sp³-hybridized carbons (Fsp3) is 0.750. The largest absolute Gasteiger partial charge is 0.479 e. The van der Waals surface area contributed by atoms with Gasteiger partial charge in [0.25, 0.3) is 0 Å². The standard InChI is InChI=1S/C28H37FO11/c1-12-8-16-15-5-4-13-9-14(30)6-7-25(13,2)27(15,29)17(31)10-26(16,3)28(12,38)18(32)11-39-24-21(35)19(33)20(34)22(40-24)23(36)37/h6-7,9,12,15-17,19-22,24,31,33-35,38H,4-5,8,10-11H2,1-3H3,(H,36,37)/t12-,15+,16+,17+,19+,20+,21-,22+,24-,25?,26+,27+,28+/m1/s1. The van der Waals surface area contributed by atoms with E-state index in [1.165, 1.54) is 18.2 Å². The van der Waals surface area contributed by atoms with Gasteiger partial charge in [-0.05, 0) is 56.6 Å². The van der Waals surface area contributed by atoms with Crippen LogP contribution < -0.4 is 0 Å². The topological polar surface area (TPSA) is 191 Å². The highest BCUT2D eigenvalue weighted by Gasteiger charge is 2.75. The van der Waals surface area contributed by atoms with Crippen molar-refractivity contribution in [3.05, 3.63) is 23.8 Å². The summed E-state index contributed by atoms with van der Waals surface area (Å²) < 4.78 is 27.7. The van der Waals surface area contributed by atoms with Gasteiger partial charge in [0, 0.05) is 16.7 Å². The van der Waals surface area contributed by atoms with Crippen molar-refractivity contribution in [1.29, 1.82) is 0 Å². The van der Waals surface area contributed by atoms with Crippen molar-refractivity contribution in [3.63, 3.8) is 0 Å². The Kier molecular flexibility index (Phi) is 6.98. The van der Waals surface area contributed by atoms with E-state index >= 15 is 4.39 Å². The number of carboxylic acids is 1. The fourth-order valence-electron chi connectivity index (χ4n) is 8.60. The average Bonchev–Trinajstić information content (AvgIpc) is 3.09. The summed E-state index contributed by atoms with van der Waals surface area (Å²) in [6, 6.07) is 0. The van der Waals surface area contributed by atoms with Gasteiger partial charge in [0.1, 0.15) is 30.5 Å². The number of halogens is 1. The zero-order valence-corrected chi connectivity index (χ0v) is 22.6. The lowest BCUT2D eigenvalue weighted by molar-refractivity contribution is -0.293. The molecule has 11 nitrogen and oxygen atoms in total. The molecule has 0 amide bonds. The van der Waals surface area contributed by atoms with E-state index in [0.717, 1.165) is 0 Å². The second-order valence-electron chi connectivity index (χ2n) is 12.6. The minimum atomic E-state index is -2.13. The molecule has 0 bridgehead atoms. The summed E-state index contributed by atoms with van der Waals surface area (Å²) in [6.45, 7) is 4.16. The van der Waals surface area contributed by atoms with Crippen LogP contribution in [0.15, 0.2) is 23.8 Å². The van der Waals surface area contributed by atoms with E-state index in [1.54, 1.807) is 20.8 Å². The highest BCUT2D eigenvalue weighted by Crippen LogP contribution is 2.70. The van der Waals surface area contributed by atoms with Crippen molar-refractivity contribution in [3.8, 4) is 0 Å². The number of carboxylic acid groups (broad SMARTS) is 1. The Balaban J connectivity index is 1.40. The van der Waals surface area contributed by atoms with Gasteiger partial charge in [-0.2, -0.15) is 0 Å². The minimum Gasteiger partial charge on any atom is -0.479 e. The molecule has 0 aromatic rings. The summed E-state index contributed by atoms with van der Waals surface area (Å²) in [5.41, 5.74) is -6.07. The molecule has 5 aliphatic rings. The molecule has 1 saturated heterocycles. The molecule has 0 aromatic heterocycles. The van der Waals surface area contributed by atoms with Crippen LogP contribution >= 0.6 is 0 Å². The number of ether oxygens (including phenoxy) is 2. The molecular formula is C28H37FO11. The van der Waals surface area contributed by atoms with Crippen LogP contribution in [0.5, 0.6) is 0 Å². The molecule has 5 rings (SSSR count). The Bertz CT molecular complexity index is 1170. The van der Waals surface area contributed by atoms with Crippen molar-refractivity contribution in [1.82, 2.24) is 0 Å². The predicted octanol–water partition coefficient (Wildman–Crippen LogP) is -0.188. The lowest BCUT2D eigenvalue weighted by Gasteiger charge is -2.62. The number of carbonyl (C=O) groups is 3. The Labute approximate surface area is 230 Å². The Morgan fingerprint density at radius 1 is 1.12 bits per heavy atom. The van der Waals surface area contributed by atoms with Crippen molar-refractivity contribution in [2.45, 2.75) is 94.5 Å². The molecule has 0 spiro atoms.